The zero-order valence-corrected chi connectivity index (χ0v) is 17.0. The summed E-state index contributed by atoms with van der Waals surface area (Å²) in [6, 6.07) is 13.2. The number of benzene rings is 2. The Balaban J connectivity index is 1.89. The van der Waals surface area contributed by atoms with Crippen molar-refractivity contribution in [2.24, 2.45) is 0 Å². The third kappa shape index (κ3) is 5.45. The van der Waals surface area contributed by atoms with E-state index in [2.05, 4.69) is 23.8 Å². The van der Waals surface area contributed by atoms with Gasteiger partial charge in [-0.1, -0.05) is 61.9 Å². The Morgan fingerprint density at radius 1 is 1.07 bits per heavy atom. The van der Waals surface area contributed by atoms with E-state index in [9.17, 15) is 13.2 Å². The van der Waals surface area contributed by atoms with E-state index < -0.39 is 12.0 Å². The molecule has 3 rings (SSSR count). The summed E-state index contributed by atoms with van der Waals surface area (Å²) in [6.07, 6.45) is 10.8. The minimum Gasteiger partial charge on any atom is -0.435 e. The molecule has 0 amide bonds. The maximum Gasteiger partial charge on any atom is 0.387 e. The summed E-state index contributed by atoms with van der Waals surface area (Å²) in [5, 5.41) is -0.0305. The van der Waals surface area contributed by atoms with Crippen molar-refractivity contribution in [1.29, 1.82) is 0 Å². The van der Waals surface area contributed by atoms with Gasteiger partial charge in [-0.25, -0.2) is 4.39 Å². The lowest BCUT2D eigenvalue weighted by Crippen LogP contribution is -2.27. The molecule has 1 nitrogen and oxygen atoms in total. The largest absolute Gasteiger partial charge is 0.435 e. The molecule has 2 aromatic carbocycles. The lowest BCUT2D eigenvalue weighted by molar-refractivity contribution is -0.0498. The van der Waals surface area contributed by atoms with Crippen LogP contribution in [-0.4, -0.2) is 12.0 Å². The van der Waals surface area contributed by atoms with Gasteiger partial charge in [0.15, 0.2) is 0 Å². The number of alkyl halides is 3. The number of halogens is 4. The van der Waals surface area contributed by atoms with Gasteiger partial charge in [-0.15, -0.1) is 11.6 Å². The van der Waals surface area contributed by atoms with Gasteiger partial charge in [-0.3, -0.25) is 0 Å². The maximum atomic E-state index is 13.6. The Morgan fingerprint density at radius 3 is 2.34 bits per heavy atom. The normalized spacial score (nSPS) is 22.1. The number of hydrogen-bond acceptors (Lipinski definition) is 1. The molecule has 0 aliphatic heterocycles. The summed E-state index contributed by atoms with van der Waals surface area (Å²) in [4.78, 5) is 0. The molecule has 0 aromatic heterocycles. The number of rotatable bonds is 8. The van der Waals surface area contributed by atoms with E-state index >= 15 is 0 Å². The molecule has 5 heteroatoms. The second kappa shape index (κ2) is 9.53. The van der Waals surface area contributed by atoms with Crippen molar-refractivity contribution < 1.29 is 17.9 Å². The summed E-state index contributed by atoms with van der Waals surface area (Å²) in [5.74, 6) is -0.170. The van der Waals surface area contributed by atoms with E-state index in [0.29, 0.717) is 6.42 Å². The second-order valence-corrected chi connectivity index (χ2v) is 7.95. The lowest BCUT2D eigenvalue weighted by Gasteiger charge is -2.34. The first-order chi connectivity index (χ1) is 13.9. The highest BCUT2D eigenvalue weighted by molar-refractivity contribution is 6.20. The molecule has 154 valence electrons. The van der Waals surface area contributed by atoms with Gasteiger partial charge in [-0.05, 0) is 48.2 Å². The fourth-order valence-corrected chi connectivity index (χ4v) is 4.26. The molecule has 0 bridgehead atoms. The molecule has 1 aliphatic rings. The Bertz CT molecular complexity index is 847. The van der Waals surface area contributed by atoms with E-state index in [-0.39, 0.29) is 22.9 Å². The predicted molar refractivity (Wildman–Crippen MR) is 111 cm³/mol. The molecule has 0 saturated heterocycles. The van der Waals surface area contributed by atoms with Crippen LogP contribution in [0.3, 0.4) is 0 Å². The molecule has 1 aliphatic carbocycles. The molecule has 2 aromatic rings. The van der Waals surface area contributed by atoms with Gasteiger partial charge in [0.1, 0.15) is 11.6 Å². The monoisotopic (exact) mass is 420 g/mol. The van der Waals surface area contributed by atoms with Crippen LogP contribution in [0.4, 0.5) is 13.2 Å². The standard InChI is InChI=1S/C24H24ClF3O/c1-2-4-20(25)16-24(19-7-9-22(10-8-19)29-23(27)28)13-11-17(12-14-24)18-5-3-6-21(26)15-18/h3,5-15,17,20,23H,2,4,16H2,1H3. The maximum absolute atomic E-state index is 13.6. The van der Waals surface area contributed by atoms with E-state index in [4.69, 9.17) is 11.6 Å². The third-order valence-electron chi connectivity index (χ3n) is 5.21. The first kappa shape index (κ1) is 21.5. The Morgan fingerprint density at radius 2 is 1.76 bits per heavy atom. The van der Waals surface area contributed by atoms with Crippen molar-refractivity contribution in [1.82, 2.24) is 0 Å². The molecule has 0 N–H and O–H groups in total. The minimum absolute atomic E-state index is 0.0276. The Labute approximate surface area is 174 Å². The molecule has 1 atom stereocenters. The van der Waals surface area contributed by atoms with E-state index in [1.807, 2.05) is 18.2 Å². The molecule has 0 heterocycles. The van der Waals surface area contributed by atoms with Crippen molar-refractivity contribution in [3.8, 4) is 5.75 Å². The van der Waals surface area contributed by atoms with Gasteiger partial charge in [0.25, 0.3) is 0 Å². The average molecular weight is 421 g/mol. The zero-order valence-electron chi connectivity index (χ0n) is 16.2. The SMILES string of the molecule is CCCC(Cl)CC1(c2ccc(OC(F)F)cc2)C=CC(c2cccc(F)c2)C=C1. The molecule has 0 fully saturated rings. The van der Waals surface area contributed by atoms with E-state index in [1.165, 1.54) is 12.1 Å². The van der Waals surface area contributed by atoms with E-state index in [0.717, 1.165) is 24.0 Å². The van der Waals surface area contributed by atoms with Crippen LogP contribution in [0.5, 0.6) is 5.75 Å². The highest BCUT2D eigenvalue weighted by Gasteiger charge is 2.32. The summed E-state index contributed by atoms with van der Waals surface area (Å²) < 4.78 is 43.0. The summed E-state index contributed by atoms with van der Waals surface area (Å²) in [6.45, 7) is -0.765. The van der Waals surface area contributed by atoms with Gasteiger partial charge < -0.3 is 4.74 Å². The number of ether oxygens (including phenoxy) is 1. The Hall–Kier alpha value is -2.20. The predicted octanol–water partition coefficient (Wildman–Crippen LogP) is 7.37. The molecular weight excluding hydrogens is 397 g/mol. The van der Waals surface area contributed by atoms with Gasteiger partial charge >= 0.3 is 6.61 Å². The summed E-state index contributed by atoms with van der Waals surface area (Å²) >= 11 is 6.59. The fraction of sp³-hybridized carbons (Fsp3) is 0.333. The fourth-order valence-electron chi connectivity index (χ4n) is 3.78. The zero-order chi connectivity index (χ0) is 20.9. The van der Waals surface area contributed by atoms with Gasteiger partial charge in [0, 0.05) is 16.7 Å². The molecule has 0 saturated carbocycles. The van der Waals surface area contributed by atoms with Crippen molar-refractivity contribution in [3.05, 3.63) is 89.8 Å². The van der Waals surface area contributed by atoms with Crippen LogP contribution in [0, 0.1) is 5.82 Å². The van der Waals surface area contributed by atoms with Crippen LogP contribution in [0.2, 0.25) is 0 Å². The molecule has 29 heavy (non-hydrogen) atoms. The lowest BCUT2D eigenvalue weighted by atomic mass is 9.71. The molecule has 0 spiro atoms. The summed E-state index contributed by atoms with van der Waals surface area (Å²) in [5.41, 5.74) is 1.38. The van der Waals surface area contributed by atoms with E-state index in [1.54, 1.807) is 30.3 Å². The minimum atomic E-state index is -2.85. The third-order valence-corrected chi connectivity index (χ3v) is 5.59. The van der Waals surface area contributed by atoms with Crippen LogP contribution in [0.25, 0.3) is 0 Å². The van der Waals surface area contributed by atoms with Crippen molar-refractivity contribution >= 4 is 11.6 Å². The topological polar surface area (TPSA) is 9.23 Å². The highest BCUT2D eigenvalue weighted by Crippen LogP contribution is 2.40. The molecule has 0 radical (unpaired) electrons. The van der Waals surface area contributed by atoms with Crippen LogP contribution in [0.1, 0.15) is 43.2 Å². The quantitative estimate of drug-likeness (QED) is 0.320. The first-order valence-electron chi connectivity index (χ1n) is 9.75. The van der Waals surface area contributed by atoms with Crippen LogP contribution in [-0.2, 0) is 5.41 Å². The van der Waals surface area contributed by atoms with Crippen LogP contribution in [0.15, 0.2) is 72.8 Å². The van der Waals surface area contributed by atoms with Crippen LogP contribution >= 0.6 is 11.6 Å². The van der Waals surface area contributed by atoms with Crippen molar-refractivity contribution in [2.75, 3.05) is 0 Å². The van der Waals surface area contributed by atoms with Gasteiger partial charge in [0.2, 0.25) is 0 Å². The van der Waals surface area contributed by atoms with Crippen molar-refractivity contribution in [3.63, 3.8) is 0 Å². The molecular formula is C24H24ClF3O. The van der Waals surface area contributed by atoms with Gasteiger partial charge in [-0.2, -0.15) is 8.78 Å². The number of allylic oxidation sites excluding steroid dienone is 4. The van der Waals surface area contributed by atoms with Crippen molar-refractivity contribution in [2.45, 2.75) is 49.5 Å². The Kier molecular flexibility index (Phi) is 7.07. The number of hydrogen-bond donors (Lipinski definition) is 0. The summed E-state index contributed by atoms with van der Waals surface area (Å²) in [7, 11) is 0. The second-order valence-electron chi connectivity index (χ2n) is 7.33. The van der Waals surface area contributed by atoms with Gasteiger partial charge in [0.05, 0.1) is 0 Å². The van der Waals surface area contributed by atoms with Crippen LogP contribution < -0.4 is 4.74 Å². The molecule has 1 unspecified atom stereocenters. The smallest absolute Gasteiger partial charge is 0.387 e. The highest BCUT2D eigenvalue weighted by atomic mass is 35.5. The first-order valence-corrected chi connectivity index (χ1v) is 10.2. The average Bonchev–Trinajstić information content (AvgIpc) is 2.69.